The van der Waals surface area contributed by atoms with Gasteiger partial charge in [-0.25, -0.2) is 0 Å². The smallest absolute Gasteiger partial charge is 0.311 e. The zero-order valence-electron chi connectivity index (χ0n) is 34.8. The zero-order valence-corrected chi connectivity index (χ0v) is 34.8. The molecule has 5 saturated heterocycles. The maximum absolute atomic E-state index is 14.4. The van der Waals surface area contributed by atoms with E-state index in [0.29, 0.717) is 12.8 Å². The van der Waals surface area contributed by atoms with Gasteiger partial charge in [0.05, 0.1) is 53.7 Å². The summed E-state index contributed by atoms with van der Waals surface area (Å²) in [6.07, 6.45) is -7.29. The Labute approximate surface area is 323 Å². The summed E-state index contributed by atoms with van der Waals surface area (Å²) >= 11 is 0. The minimum atomic E-state index is -1.79. The number of piperazine rings is 1. The molecule has 0 amide bonds. The summed E-state index contributed by atoms with van der Waals surface area (Å²) in [7, 11) is 3.64. The summed E-state index contributed by atoms with van der Waals surface area (Å²) in [4.78, 5) is 19.0. The zero-order chi connectivity index (χ0) is 40.1. The Bertz CT molecular complexity index is 1250. The van der Waals surface area contributed by atoms with E-state index in [1.807, 2.05) is 27.7 Å². The van der Waals surface area contributed by atoms with Crippen LogP contribution in [0.15, 0.2) is 0 Å². The van der Waals surface area contributed by atoms with E-state index in [2.05, 4.69) is 23.8 Å². The molecule has 7 unspecified atom stereocenters. The number of carbonyl (C=O) groups excluding carboxylic acids is 1. The van der Waals surface area contributed by atoms with Crippen LogP contribution in [0.5, 0.6) is 0 Å². The number of ether oxygens (including phenoxy) is 7. The quantitative estimate of drug-likeness (QED) is 0.252. The topological polar surface area (TPSA) is 169 Å². The highest BCUT2D eigenvalue weighted by molar-refractivity contribution is 5.73. The Morgan fingerprint density at radius 1 is 0.981 bits per heavy atom. The van der Waals surface area contributed by atoms with Gasteiger partial charge in [0.1, 0.15) is 23.9 Å². The molecule has 0 saturated carbocycles. The highest BCUT2D eigenvalue weighted by Crippen LogP contribution is 2.48. The van der Waals surface area contributed by atoms with Gasteiger partial charge in [0.25, 0.3) is 0 Å². The van der Waals surface area contributed by atoms with Gasteiger partial charge in [-0.15, -0.1) is 0 Å². The number of nitrogens with zero attached hydrogens (tertiary/aromatic N) is 2. The standard InChI is InChI=1S/C40H72N2O12/c1-13-28(43)40(10,47)35-23(4)31-21(2)19-39(9,54-31)34(53-37-30(44)27(18-22(3)49-37)42-16-14-41(11)15-17-42)24(5)32(25(6)36(46)52-35)51-29-20-38(8,48-12)33(45)26(7)50-29/h21-35,37,43-45,47H,13-20H2,1-12H3/t21?,22?,23-,24-,25+,26?,27?,28+,29-,30?,31?,32-,33-,34+,35+,37-,38?,39+,40+/m0/s1. The van der Waals surface area contributed by atoms with Crippen LogP contribution in [0.1, 0.15) is 94.9 Å². The SMILES string of the molecule is CC[C@@H](O)[C@@](C)(O)[C@@H]1OC(=O)[C@H](C)[C@@H](O[C@H]2CC(C)(OC)[C@@H](O)C(C)O2)[C@H](C)[C@@H](O[C@@H]2OC(C)CC(N3CCN(C)CC3)C2O)[C@@]2(C)CC(C)C(O2)[C@@H]1C. The van der Waals surface area contributed by atoms with E-state index >= 15 is 0 Å². The molecule has 5 rings (SSSR count). The van der Waals surface area contributed by atoms with Crippen molar-refractivity contribution >= 4 is 5.97 Å². The third-order valence-electron chi connectivity index (χ3n) is 13.7. The number of hydrogen-bond donors (Lipinski definition) is 4. The summed E-state index contributed by atoms with van der Waals surface area (Å²) in [5.74, 6) is -2.67. The van der Waals surface area contributed by atoms with Crippen molar-refractivity contribution in [2.24, 2.45) is 23.7 Å². The maximum atomic E-state index is 14.4. The second-order valence-corrected chi connectivity index (χ2v) is 18.1. The van der Waals surface area contributed by atoms with Crippen molar-refractivity contribution in [1.29, 1.82) is 0 Å². The Morgan fingerprint density at radius 2 is 1.63 bits per heavy atom. The number of esters is 1. The second-order valence-electron chi connectivity index (χ2n) is 18.1. The van der Waals surface area contributed by atoms with Gasteiger partial charge in [-0.1, -0.05) is 27.7 Å². The van der Waals surface area contributed by atoms with E-state index in [0.717, 1.165) is 26.2 Å². The number of likely N-dealkylation sites (N-methyl/N-ethyl adjacent to an activating group) is 1. The molecule has 0 aromatic carbocycles. The first kappa shape index (κ1) is 44.1. The summed E-state index contributed by atoms with van der Waals surface area (Å²) in [6.45, 7) is 22.0. The van der Waals surface area contributed by atoms with Crippen molar-refractivity contribution in [3.63, 3.8) is 0 Å². The van der Waals surface area contributed by atoms with Crippen LogP contribution in [-0.2, 0) is 38.0 Å². The van der Waals surface area contributed by atoms with Crippen molar-refractivity contribution in [3.05, 3.63) is 0 Å². The molecule has 5 aliphatic heterocycles. The molecular formula is C40H72N2O12. The first-order valence-electron chi connectivity index (χ1n) is 20.4. The van der Waals surface area contributed by atoms with Crippen molar-refractivity contribution in [1.82, 2.24) is 9.80 Å². The highest BCUT2D eigenvalue weighted by atomic mass is 16.7. The fourth-order valence-electron chi connectivity index (χ4n) is 10.2. The molecule has 0 aromatic heterocycles. The Kier molecular flexibility index (Phi) is 13.9. The number of fused-ring (bicyclic) bond motifs is 2. The summed E-state index contributed by atoms with van der Waals surface area (Å²) in [6, 6.07) is -0.168. The van der Waals surface area contributed by atoms with Crippen LogP contribution < -0.4 is 0 Å². The molecule has 4 N–H and O–H groups in total. The third-order valence-corrected chi connectivity index (χ3v) is 13.7. The fourth-order valence-corrected chi connectivity index (χ4v) is 10.2. The van der Waals surface area contributed by atoms with E-state index in [-0.39, 0.29) is 30.9 Å². The van der Waals surface area contributed by atoms with Crippen molar-refractivity contribution < 1.29 is 58.4 Å². The normalized spacial score (nSPS) is 49.1. The van der Waals surface area contributed by atoms with Crippen LogP contribution in [0.25, 0.3) is 0 Å². The molecule has 0 spiro atoms. The molecule has 14 nitrogen and oxygen atoms in total. The largest absolute Gasteiger partial charge is 0.459 e. The van der Waals surface area contributed by atoms with Gasteiger partial charge in [-0.3, -0.25) is 9.69 Å². The average Bonchev–Trinajstić information content (AvgIpc) is 3.44. The van der Waals surface area contributed by atoms with Crippen LogP contribution in [-0.4, -0.2) is 167 Å². The number of methoxy groups -OCH3 is 1. The number of aliphatic hydroxyl groups is 4. The molecular weight excluding hydrogens is 700 g/mol. The van der Waals surface area contributed by atoms with Gasteiger partial charge in [0, 0.05) is 57.6 Å². The maximum Gasteiger partial charge on any atom is 0.311 e. The molecule has 0 radical (unpaired) electrons. The Morgan fingerprint density at radius 3 is 2.24 bits per heavy atom. The molecule has 14 heteroatoms. The molecule has 0 aliphatic carbocycles. The predicted octanol–water partition coefficient (Wildman–Crippen LogP) is 2.31. The molecule has 54 heavy (non-hydrogen) atoms. The lowest BCUT2D eigenvalue weighted by molar-refractivity contribution is -0.319. The molecule has 5 aliphatic rings. The third kappa shape index (κ3) is 8.70. The van der Waals surface area contributed by atoms with Crippen LogP contribution in [0.2, 0.25) is 0 Å². The first-order chi connectivity index (χ1) is 25.2. The van der Waals surface area contributed by atoms with Gasteiger partial charge in [0.2, 0.25) is 0 Å². The van der Waals surface area contributed by atoms with Crippen LogP contribution in [0.3, 0.4) is 0 Å². The Hall–Kier alpha value is -1.01. The Balaban J connectivity index is 1.56. The predicted molar refractivity (Wildman–Crippen MR) is 199 cm³/mol. The van der Waals surface area contributed by atoms with Gasteiger partial charge in [0.15, 0.2) is 12.6 Å². The van der Waals surface area contributed by atoms with Crippen molar-refractivity contribution in [2.75, 3.05) is 40.3 Å². The van der Waals surface area contributed by atoms with E-state index in [9.17, 15) is 25.2 Å². The van der Waals surface area contributed by atoms with Crippen LogP contribution in [0.4, 0.5) is 0 Å². The number of hydrogen-bond acceptors (Lipinski definition) is 14. The van der Waals surface area contributed by atoms with Gasteiger partial charge >= 0.3 is 5.97 Å². The van der Waals surface area contributed by atoms with Crippen molar-refractivity contribution in [2.45, 2.75) is 185 Å². The minimum Gasteiger partial charge on any atom is -0.459 e. The number of carbonyl (C=O) groups is 1. The molecule has 5 fully saturated rings. The summed E-state index contributed by atoms with van der Waals surface area (Å²) in [5.41, 5.74) is -3.73. The van der Waals surface area contributed by atoms with Crippen LogP contribution >= 0.6 is 0 Å². The molecule has 0 aromatic rings. The number of aliphatic hydroxyl groups excluding tert-OH is 3. The van der Waals surface area contributed by atoms with Gasteiger partial charge in [-0.05, 0) is 73.8 Å². The van der Waals surface area contributed by atoms with E-state index in [1.165, 1.54) is 14.0 Å². The molecule has 2 bridgehead atoms. The summed E-state index contributed by atoms with van der Waals surface area (Å²) in [5, 5.41) is 45.9. The van der Waals surface area contributed by atoms with Crippen molar-refractivity contribution in [3.8, 4) is 0 Å². The average molecular weight is 773 g/mol. The second kappa shape index (κ2) is 17.1. The lowest BCUT2D eigenvalue weighted by atomic mass is 9.76. The molecule has 5 heterocycles. The number of cyclic esters (lactones) is 1. The summed E-state index contributed by atoms with van der Waals surface area (Å²) < 4.78 is 45.6. The van der Waals surface area contributed by atoms with E-state index < -0.39 is 102 Å². The molecule has 314 valence electrons. The van der Waals surface area contributed by atoms with Crippen LogP contribution in [0, 0.1) is 23.7 Å². The van der Waals surface area contributed by atoms with Gasteiger partial charge in [-0.2, -0.15) is 0 Å². The number of rotatable bonds is 9. The lowest BCUT2D eigenvalue weighted by Crippen LogP contribution is -2.62. The monoisotopic (exact) mass is 773 g/mol. The fraction of sp³-hybridized carbons (Fsp3) is 0.975. The first-order valence-corrected chi connectivity index (χ1v) is 20.4. The minimum absolute atomic E-state index is 0.0593. The molecule has 19 atom stereocenters. The van der Waals surface area contributed by atoms with E-state index in [1.54, 1.807) is 27.7 Å². The van der Waals surface area contributed by atoms with E-state index in [4.69, 9.17) is 33.2 Å². The lowest BCUT2D eigenvalue weighted by Gasteiger charge is -2.49. The van der Waals surface area contributed by atoms with Gasteiger partial charge < -0.3 is 58.5 Å². The highest BCUT2D eigenvalue weighted by Gasteiger charge is 2.59.